The maximum absolute atomic E-state index is 12.4. The molecule has 0 amide bonds. The van der Waals surface area contributed by atoms with E-state index in [1.807, 2.05) is 0 Å². The highest BCUT2D eigenvalue weighted by molar-refractivity contribution is 5.81. The van der Waals surface area contributed by atoms with E-state index >= 15 is 0 Å². The summed E-state index contributed by atoms with van der Waals surface area (Å²) in [6, 6.07) is 4.50. The fraction of sp³-hybridized carbons (Fsp3) is 0.222. The third kappa shape index (κ3) is 1.68. The number of aromatic amines is 1. The van der Waals surface area contributed by atoms with Gasteiger partial charge in [0.2, 0.25) is 0 Å². The number of nitrogens with two attached hydrogens (primary N) is 1. The van der Waals surface area contributed by atoms with Crippen LogP contribution in [0.5, 0.6) is 0 Å². The lowest BCUT2D eigenvalue weighted by atomic mass is 10.1. The molecule has 0 aliphatic carbocycles. The number of hydrogen-bond donors (Lipinski definition) is 2. The molecule has 6 heteroatoms. The average Bonchev–Trinajstić information content (AvgIpc) is 2.58. The summed E-state index contributed by atoms with van der Waals surface area (Å²) in [7, 11) is 0. The van der Waals surface area contributed by atoms with Crippen LogP contribution in [-0.4, -0.2) is 16.4 Å². The molecule has 1 aromatic carbocycles. The van der Waals surface area contributed by atoms with Gasteiger partial charge in [0.05, 0.1) is 11.2 Å². The topological polar surface area (TPSA) is 54.7 Å². The monoisotopic (exact) mass is 215 g/mol. The molecule has 0 saturated carbocycles. The third-order valence-electron chi connectivity index (χ3n) is 2.15. The van der Waals surface area contributed by atoms with Crippen molar-refractivity contribution in [3.63, 3.8) is 0 Å². The van der Waals surface area contributed by atoms with Crippen LogP contribution in [0.3, 0.4) is 0 Å². The lowest BCUT2D eigenvalue weighted by Crippen LogP contribution is -2.28. The van der Waals surface area contributed by atoms with E-state index in [-0.39, 0.29) is 5.69 Å². The molecule has 0 saturated heterocycles. The number of aromatic nitrogens is 2. The Bertz CT molecular complexity index is 475. The molecule has 0 aliphatic rings. The Morgan fingerprint density at radius 3 is 2.60 bits per heavy atom. The summed E-state index contributed by atoms with van der Waals surface area (Å²) >= 11 is 0. The zero-order valence-electron chi connectivity index (χ0n) is 7.55. The number of fused-ring (bicyclic) bond motifs is 1. The van der Waals surface area contributed by atoms with Crippen LogP contribution in [0.25, 0.3) is 10.9 Å². The lowest BCUT2D eigenvalue weighted by Gasteiger charge is -2.13. The summed E-state index contributed by atoms with van der Waals surface area (Å²) in [5, 5.41) is 6.48. The fourth-order valence-electron chi connectivity index (χ4n) is 1.38. The van der Waals surface area contributed by atoms with Crippen molar-refractivity contribution in [1.82, 2.24) is 10.2 Å². The summed E-state index contributed by atoms with van der Waals surface area (Å²) in [4.78, 5) is 0. The van der Waals surface area contributed by atoms with Gasteiger partial charge in [-0.25, -0.2) is 0 Å². The summed E-state index contributed by atoms with van der Waals surface area (Å²) < 4.78 is 37.1. The molecule has 80 valence electrons. The first-order valence-corrected chi connectivity index (χ1v) is 4.25. The molecule has 0 spiro atoms. The van der Waals surface area contributed by atoms with E-state index in [0.717, 1.165) is 0 Å². The summed E-state index contributed by atoms with van der Waals surface area (Å²) in [6.07, 6.45) is -4.46. The SMILES string of the molecule is NC(c1[nH]nc2ccccc12)C(F)(F)F. The van der Waals surface area contributed by atoms with Crippen molar-refractivity contribution in [2.24, 2.45) is 5.73 Å². The van der Waals surface area contributed by atoms with Gasteiger partial charge >= 0.3 is 6.18 Å². The van der Waals surface area contributed by atoms with Gasteiger partial charge in [0.15, 0.2) is 0 Å². The summed E-state index contributed by atoms with van der Waals surface area (Å²) in [5.41, 5.74) is 5.47. The largest absolute Gasteiger partial charge is 0.409 e. The molecule has 0 aliphatic heterocycles. The van der Waals surface area contributed by atoms with Crippen LogP contribution in [0.1, 0.15) is 11.7 Å². The van der Waals surface area contributed by atoms with Gasteiger partial charge in [-0.1, -0.05) is 18.2 Å². The molecule has 3 N–H and O–H groups in total. The first-order chi connectivity index (χ1) is 7.00. The molecular weight excluding hydrogens is 207 g/mol. The maximum atomic E-state index is 12.4. The molecule has 15 heavy (non-hydrogen) atoms. The normalized spacial score (nSPS) is 14.4. The molecule has 1 aromatic heterocycles. The van der Waals surface area contributed by atoms with Crippen molar-refractivity contribution in [1.29, 1.82) is 0 Å². The van der Waals surface area contributed by atoms with Gasteiger partial charge in [0, 0.05) is 5.39 Å². The summed E-state index contributed by atoms with van der Waals surface area (Å²) in [5.74, 6) is 0. The molecule has 1 unspecified atom stereocenters. The number of H-pyrrole nitrogens is 1. The van der Waals surface area contributed by atoms with Crippen molar-refractivity contribution < 1.29 is 13.2 Å². The Morgan fingerprint density at radius 1 is 1.27 bits per heavy atom. The highest BCUT2D eigenvalue weighted by atomic mass is 19.4. The number of rotatable bonds is 1. The number of halogens is 3. The zero-order chi connectivity index (χ0) is 11.1. The lowest BCUT2D eigenvalue weighted by molar-refractivity contribution is -0.149. The van der Waals surface area contributed by atoms with Gasteiger partial charge in [-0.3, -0.25) is 5.10 Å². The van der Waals surface area contributed by atoms with E-state index in [1.165, 1.54) is 0 Å². The number of alkyl halides is 3. The van der Waals surface area contributed by atoms with E-state index in [0.29, 0.717) is 10.9 Å². The minimum absolute atomic E-state index is 0.0990. The van der Waals surface area contributed by atoms with Crippen molar-refractivity contribution >= 4 is 10.9 Å². The van der Waals surface area contributed by atoms with Crippen LogP contribution in [0.15, 0.2) is 24.3 Å². The van der Waals surface area contributed by atoms with E-state index in [9.17, 15) is 13.2 Å². The Hall–Kier alpha value is -1.56. The Balaban J connectivity index is 2.53. The number of para-hydroxylation sites is 1. The highest BCUT2D eigenvalue weighted by Gasteiger charge is 2.39. The molecule has 2 aromatic rings. The molecule has 3 nitrogen and oxygen atoms in total. The minimum Gasteiger partial charge on any atom is -0.315 e. The van der Waals surface area contributed by atoms with Crippen molar-refractivity contribution in [2.75, 3.05) is 0 Å². The Labute approximate surface area is 83.1 Å². The van der Waals surface area contributed by atoms with Crippen LogP contribution in [0.4, 0.5) is 13.2 Å². The van der Waals surface area contributed by atoms with Gasteiger partial charge in [-0.2, -0.15) is 18.3 Å². The third-order valence-corrected chi connectivity index (χ3v) is 2.15. The van der Waals surface area contributed by atoms with E-state index in [4.69, 9.17) is 5.73 Å². The van der Waals surface area contributed by atoms with Gasteiger partial charge in [0.25, 0.3) is 0 Å². The fourth-order valence-corrected chi connectivity index (χ4v) is 1.38. The van der Waals surface area contributed by atoms with Gasteiger partial charge in [0.1, 0.15) is 6.04 Å². The molecule has 1 atom stereocenters. The number of nitrogens with zero attached hydrogens (tertiary/aromatic N) is 1. The Kier molecular flexibility index (Phi) is 2.15. The van der Waals surface area contributed by atoms with Crippen LogP contribution < -0.4 is 5.73 Å². The molecule has 0 fully saturated rings. The second kappa shape index (κ2) is 3.23. The minimum atomic E-state index is -4.46. The summed E-state index contributed by atoms with van der Waals surface area (Å²) in [6.45, 7) is 0. The average molecular weight is 215 g/mol. The van der Waals surface area contributed by atoms with Crippen molar-refractivity contribution in [2.45, 2.75) is 12.2 Å². The number of benzene rings is 1. The first kappa shape index (κ1) is 9.97. The van der Waals surface area contributed by atoms with Gasteiger partial charge in [-0.05, 0) is 6.07 Å². The van der Waals surface area contributed by atoms with Crippen LogP contribution >= 0.6 is 0 Å². The van der Waals surface area contributed by atoms with Crippen LogP contribution in [0.2, 0.25) is 0 Å². The second-order valence-electron chi connectivity index (χ2n) is 3.17. The Morgan fingerprint density at radius 2 is 1.93 bits per heavy atom. The standard InChI is InChI=1S/C9H8F3N3/c10-9(11,12)8(13)7-5-3-1-2-4-6(5)14-15-7/h1-4,8H,13H2,(H,14,15). The van der Waals surface area contributed by atoms with E-state index < -0.39 is 12.2 Å². The second-order valence-corrected chi connectivity index (χ2v) is 3.17. The number of nitrogens with one attached hydrogen (secondary N) is 1. The smallest absolute Gasteiger partial charge is 0.315 e. The van der Waals surface area contributed by atoms with Crippen LogP contribution in [0, 0.1) is 0 Å². The zero-order valence-corrected chi connectivity index (χ0v) is 7.55. The van der Waals surface area contributed by atoms with E-state index in [1.54, 1.807) is 24.3 Å². The molecular formula is C9H8F3N3. The molecule has 2 rings (SSSR count). The predicted octanol–water partition coefficient (Wildman–Crippen LogP) is 2.12. The highest BCUT2D eigenvalue weighted by Crippen LogP contribution is 2.32. The number of hydrogen-bond acceptors (Lipinski definition) is 2. The van der Waals surface area contributed by atoms with Crippen molar-refractivity contribution in [3.05, 3.63) is 30.0 Å². The van der Waals surface area contributed by atoms with Gasteiger partial charge < -0.3 is 5.73 Å². The molecule has 0 radical (unpaired) electrons. The van der Waals surface area contributed by atoms with Crippen molar-refractivity contribution in [3.8, 4) is 0 Å². The van der Waals surface area contributed by atoms with E-state index in [2.05, 4.69) is 10.2 Å². The maximum Gasteiger partial charge on any atom is 0.409 e. The molecule has 0 bridgehead atoms. The first-order valence-electron chi connectivity index (χ1n) is 4.25. The molecule has 1 heterocycles. The van der Waals surface area contributed by atoms with Crippen LogP contribution in [-0.2, 0) is 0 Å². The predicted molar refractivity (Wildman–Crippen MR) is 49.1 cm³/mol. The van der Waals surface area contributed by atoms with Gasteiger partial charge in [-0.15, -0.1) is 0 Å². The quantitative estimate of drug-likeness (QED) is 0.765.